The number of imidazole rings is 1. The van der Waals surface area contributed by atoms with E-state index in [9.17, 15) is 4.79 Å². The monoisotopic (exact) mass is 382 g/mol. The number of rotatable bonds is 6. The fraction of sp³-hybridized carbons (Fsp3) is 0.450. The summed E-state index contributed by atoms with van der Waals surface area (Å²) in [5, 5.41) is 7.04. The van der Waals surface area contributed by atoms with Gasteiger partial charge in [0.05, 0.1) is 6.26 Å². The minimum atomic E-state index is -0.0367. The molecule has 0 saturated carbocycles. The third-order valence-corrected chi connectivity index (χ3v) is 5.16. The van der Waals surface area contributed by atoms with Gasteiger partial charge in [-0.25, -0.2) is 4.98 Å². The van der Waals surface area contributed by atoms with Crippen molar-refractivity contribution in [2.45, 2.75) is 26.3 Å². The standard InChI is InChI=1S/C20H26N6O2/c1-15(2)19-21-5-6-25(19)10-7-24-8-11-26(12-9-24)20(27)17-14-16(22-23-17)18-4-3-13-28-18/h3-6,13-15H,7-12H2,1-2H3,(H,22,23). The highest BCUT2D eigenvalue weighted by molar-refractivity contribution is 5.93. The number of H-pyrrole nitrogens is 1. The third-order valence-electron chi connectivity index (χ3n) is 5.16. The Morgan fingerprint density at radius 1 is 1.25 bits per heavy atom. The number of aromatic amines is 1. The van der Waals surface area contributed by atoms with Gasteiger partial charge in [0.2, 0.25) is 0 Å². The molecule has 1 N–H and O–H groups in total. The van der Waals surface area contributed by atoms with Gasteiger partial charge in [-0.15, -0.1) is 0 Å². The molecule has 1 aliphatic heterocycles. The molecule has 0 radical (unpaired) electrons. The van der Waals surface area contributed by atoms with E-state index in [4.69, 9.17) is 4.42 Å². The van der Waals surface area contributed by atoms with Crippen LogP contribution < -0.4 is 0 Å². The summed E-state index contributed by atoms with van der Waals surface area (Å²) >= 11 is 0. The zero-order valence-corrected chi connectivity index (χ0v) is 16.3. The van der Waals surface area contributed by atoms with Crippen molar-refractivity contribution in [3.63, 3.8) is 0 Å². The second-order valence-electron chi connectivity index (χ2n) is 7.41. The first kappa shape index (κ1) is 18.5. The minimum absolute atomic E-state index is 0.0367. The molecule has 0 atom stereocenters. The number of carbonyl (C=O) groups excluding carboxylic acids is 1. The van der Waals surface area contributed by atoms with Crippen LogP contribution in [-0.2, 0) is 6.54 Å². The number of hydrogen-bond acceptors (Lipinski definition) is 5. The summed E-state index contributed by atoms with van der Waals surface area (Å²) in [6.07, 6.45) is 5.51. The van der Waals surface area contributed by atoms with E-state index in [0.717, 1.165) is 32.0 Å². The van der Waals surface area contributed by atoms with Gasteiger partial charge in [0.15, 0.2) is 11.5 Å². The predicted octanol–water partition coefficient (Wildman–Crippen LogP) is 2.45. The highest BCUT2D eigenvalue weighted by Gasteiger charge is 2.24. The molecule has 4 rings (SSSR count). The van der Waals surface area contributed by atoms with Crippen LogP contribution in [0.25, 0.3) is 11.5 Å². The van der Waals surface area contributed by atoms with E-state index >= 15 is 0 Å². The van der Waals surface area contributed by atoms with Crippen molar-refractivity contribution in [2.75, 3.05) is 32.7 Å². The molecule has 4 heterocycles. The Hall–Kier alpha value is -2.87. The zero-order valence-electron chi connectivity index (χ0n) is 16.3. The minimum Gasteiger partial charge on any atom is -0.463 e. The van der Waals surface area contributed by atoms with Crippen molar-refractivity contribution in [1.29, 1.82) is 0 Å². The van der Waals surface area contributed by atoms with E-state index in [0.29, 0.717) is 36.2 Å². The summed E-state index contributed by atoms with van der Waals surface area (Å²) in [6.45, 7) is 9.37. The van der Waals surface area contributed by atoms with E-state index < -0.39 is 0 Å². The molecule has 3 aromatic rings. The second-order valence-corrected chi connectivity index (χ2v) is 7.41. The Morgan fingerprint density at radius 3 is 2.79 bits per heavy atom. The van der Waals surface area contributed by atoms with Crippen LogP contribution in [0.2, 0.25) is 0 Å². The quantitative estimate of drug-likeness (QED) is 0.708. The maximum atomic E-state index is 12.7. The Labute approximate surface area is 164 Å². The molecule has 0 spiro atoms. The van der Waals surface area contributed by atoms with Crippen LogP contribution in [0.4, 0.5) is 0 Å². The van der Waals surface area contributed by atoms with Crippen LogP contribution in [0.3, 0.4) is 0 Å². The van der Waals surface area contributed by atoms with Gasteiger partial charge >= 0.3 is 0 Å². The van der Waals surface area contributed by atoms with Crippen molar-refractivity contribution in [1.82, 2.24) is 29.5 Å². The number of piperazine rings is 1. The van der Waals surface area contributed by atoms with E-state index in [1.807, 2.05) is 29.4 Å². The molecule has 148 valence electrons. The van der Waals surface area contributed by atoms with Crippen molar-refractivity contribution in [2.24, 2.45) is 0 Å². The van der Waals surface area contributed by atoms with Crippen LogP contribution in [0.1, 0.15) is 36.1 Å². The van der Waals surface area contributed by atoms with E-state index in [-0.39, 0.29) is 5.91 Å². The summed E-state index contributed by atoms with van der Waals surface area (Å²) < 4.78 is 7.57. The molecule has 8 heteroatoms. The number of nitrogens with zero attached hydrogens (tertiary/aromatic N) is 5. The van der Waals surface area contributed by atoms with Gasteiger partial charge < -0.3 is 13.9 Å². The van der Waals surface area contributed by atoms with Crippen LogP contribution in [-0.4, -0.2) is 68.2 Å². The van der Waals surface area contributed by atoms with Gasteiger partial charge in [-0.05, 0) is 12.1 Å². The lowest BCUT2D eigenvalue weighted by Crippen LogP contribution is -2.49. The maximum Gasteiger partial charge on any atom is 0.274 e. The van der Waals surface area contributed by atoms with Crippen LogP contribution in [0.15, 0.2) is 41.3 Å². The maximum absolute atomic E-state index is 12.7. The van der Waals surface area contributed by atoms with E-state index in [2.05, 4.69) is 38.5 Å². The second kappa shape index (κ2) is 8.02. The Morgan fingerprint density at radius 2 is 2.07 bits per heavy atom. The molecule has 28 heavy (non-hydrogen) atoms. The molecule has 1 saturated heterocycles. The largest absolute Gasteiger partial charge is 0.463 e. The van der Waals surface area contributed by atoms with Crippen LogP contribution >= 0.6 is 0 Å². The van der Waals surface area contributed by atoms with Gasteiger partial charge in [0, 0.05) is 63.6 Å². The van der Waals surface area contributed by atoms with Crippen LogP contribution in [0.5, 0.6) is 0 Å². The molecular weight excluding hydrogens is 356 g/mol. The number of furan rings is 1. The molecule has 0 aromatic carbocycles. The highest BCUT2D eigenvalue weighted by Crippen LogP contribution is 2.19. The van der Waals surface area contributed by atoms with E-state index in [1.54, 1.807) is 12.3 Å². The molecule has 3 aromatic heterocycles. The molecule has 0 bridgehead atoms. The summed E-state index contributed by atoms with van der Waals surface area (Å²) in [6, 6.07) is 5.40. The first-order valence-electron chi connectivity index (χ1n) is 9.74. The molecule has 0 aliphatic carbocycles. The fourth-order valence-electron chi connectivity index (χ4n) is 3.59. The number of aromatic nitrogens is 4. The Balaban J connectivity index is 1.29. The highest BCUT2D eigenvalue weighted by atomic mass is 16.3. The lowest BCUT2D eigenvalue weighted by Gasteiger charge is -2.34. The van der Waals surface area contributed by atoms with Gasteiger partial charge in [0.25, 0.3) is 5.91 Å². The lowest BCUT2D eigenvalue weighted by molar-refractivity contribution is 0.0627. The number of nitrogens with one attached hydrogen (secondary N) is 1. The molecule has 0 unspecified atom stereocenters. The third kappa shape index (κ3) is 3.87. The number of hydrogen-bond donors (Lipinski definition) is 1. The van der Waals surface area contributed by atoms with Crippen molar-refractivity contribution < 1.29 is 9.21 Å². The molecule has 1 amide bonds. The van der Waals surface area contributed by atoms with Gasteiger partial charge in [-0.1, -0.05) is 13.8 Å². The summed E-state index contributed by atoms with van der Waals surface area (Å²) in [4.78, 5) is 21.4. The van der Waals surface area contributed by atoms with Gasteiger partial charge in [-0.3, -0.25) is 14.8 Å². The normalized spacial score (nSPS) is 15.5. The predicted molar refractivity (Wildman–Crippen MR) is 105 cm³/mol. The van der Waals surface area contributed by atoms with Crippen molar-refractivity contribution >= 4 is 5.91 Å². The number of carbonyl (C=O) groups is 1. The molecule has 8 nitrogen and oxygen atoms in total. The topological polar surface area (TPSA) is 83.2 Å². The Bertz CT molecular complexity index is 903. The number of amides is 1. The smallest absolute Gasteiger partial charge is 0.274 e. The average molecular weight is 382 g/mol. The SMILES string of the molecule is CC(C)c1nccn1CCN1CCN(C(=O)c2cc(-c3ccco3)[nH]n2)CC1. The molecular formula is C20H26N6O2. The first-order valence-corrected chi connectivity index (χ1v) is 9.74. The van der Waals surface area contributed by atoms with E-state index in [1.165, 1.54) is 0 Å². The van der Waals surface area contributed by atoms with Crippen LogP contribution in [0, 0.1) is 0 Å². The first-order chi connectivity index (χ1) is 13.6. The van der Waals surface area contributed by atoms with Crippen molar-refractivity contribution in [3.8, 4) is 11.5 Å². The Kier molecular flexibility index (Phi) is 5.29. The fourth-order valence-corrected chi connectivity index (χ4v) is 3.59. The van der Waals surface area contributed by atoms with Crippen molar-refractivity contribution in [3.05, 3.63) is 48.4 Å². The average Bonchev–Trinajstić information content (AvgIpc) is 3.47. The summed E-state index contributed by atoms with van der Waals surface area (Å²) in [5.74, 6) is 2.19. The molecule has 1 fully saturated rings. The summed E-state index contributed by atoms with van der Waals surface area (Å²) in [7, 11) is 0. The van der Waals surface area contributed by atoms with Gasteiger partial charge in [0.1, 0.15) is 11.5 Å². The lowest BCUT2D eigenvalue weighted by atomic mass is 10.2. The summed E-state index contributed by atoms with van der Waals surface area (Å²) in [5.41, 5.74) is 1.15. The molecule has 1 aliphatic rings. The van der Waals surface area contributed by atoms with Gasteiger partial charge in [-0.2, -0.15) is 5.10 Å². The zero-order chi connectivity index (χ0) is 19.5.